The molecule has 0 atom stereocenters. The van der Waals surface area contributed by atoms with Gasteiger partial charge in [-0.3, -0.25) is 4.79 Å². The summed E-state index contributed by atoms with van der Waals surface area (Å²) >= 11 is 3.38. The summed E-state index contributed by atoms with van der Waals surface area (Å²) in [5.74, 6) is -0.0582. The molecule has 2 nitrogen and oxygen atoms in total. The second-order valence-electron chi connectivity index (χ2n) is 3.75. The van der Waals surface area contributed by atoms with Crippen LogP contribution in [0.1, 0.15) is 32.3 Å². The van der Waals surface area contributed by atoms with Crippen molar-refractivity contribution in [3.05, 3.63) is 34.3 Å². The van der Waals surface area contributed by atoms with Crippen LogP contribution in [0.3, 0.4) is 0 Å². The molecule has 0 bridgehead atoms. The maximum Gasteiger partial charge on any atom is 0.309 e. The van der Waals surface area contributed by atoms with Crippen LogP contribution in [0.5, 0.6) is 0 Å². The lowest BCUT2D eigenvalue weighted by Gasteiger charge is -2.11. The average Bonchev–Trinajstić information content (AvgIpc) is 2.28. The highest BCUT2D eigenvalue weighted by Crippen LogP contribution is 2.14. The molecule has 0 spiro atoms. The molecule has 1 rings (SSSR count). The number of carbonyl (C=O) groups excluding carboxylic acids is 1. The van der Waals surface area contributed by atoms with Crippen molar-refractivity contribution in [2.75, 3.05) is 0 Å². The molecule has 1 aromatic rings. The van der Waals surface area contributed by atoms with E-state index in [9.17, 15) is 4.79 Å². The van der Waals surface area contributed by atoms with Crippen molar-refractivity contribution < 1.29 is 9.53 Å². The molecule has 0 radical (unpaired) electrons. The first-order chi connectivity index (χ1) is 7.67. The molecule has 0 aliphatic carbocycles. The number of halogens is 1. The molecule has 0 aliphatic rings. The Hall–Kier alpha value is -0.830. The van der Waals surface area contributed by atoms with Gasteiger partial charge in [0.25, 0.3) is 0 Å². The lowest BCUT2D eigenvalue weighted by Crippen LogP contribution is -2.16. The van der Waals surface area contributed by atoms with Crippen LogP contribution in [0.4, 0.5) is 0 Å². The Morgan fingerprint density at radius 1 is 1.38 bits per heavy atom. The Balaban J connectivity index is 2.48. The van der Waals surface area contributed by atoms with Crippen LogP contribution < -0.4 is 0 Å². The van der Waals surface area contributed by atoms with E-state index in [1.165, 1.54) is 0 Å². The minimum atomic E-state index is -0.0926. The van der Waals surface area contributed by atoms with Gasteiger partial charge in [-0.15, -0.1) is 0 Å². The largest absolute Gasteiger partial charge is 0.461 e. The summed E-state index contributed by atoms with van der Waals surface area (Å²) in [4.78, 5) is 11.6. The highest BCUT2D eigenvalue weighted by atomic mass is 79.9. The summed E-state index contributed by atoms with van der Waals surface area (Å²) in [5.41, 5.74) is 1.01. The molecule has 0 heterocycles. The van der Waals surface area contributed by atoms with E-state index in [2.05, 4.69) is 15.9 Å². The zero-order valence-electron chi connectivity index (χ0n) is 9.70. The molecule has 0 amide bonds. The third-order valence-corrected chi connectivity index (χ3v) is 3.08. The topological polar surface area (TPSA) is 26.3 Å². The second-order valence-corrected chi connectivity index (χ2v) is 4.67. The minimum Gasteiger partial charge on any atom is -0.461 e. The lowest BCUT2D eigenvalue weighted by molar-refractivity contribution is -0.150. The van der Waals surface area contributed by atoms with Gasteiger partial charge in [0.1, 0.15) is 6.61 Å². The summed E-state index contributed by atoms with van der Waals surface area (Å²) in [5, 5.41) is 0. The van der Waals surface area contributed by atoms with E-state index in [4.69, 9.17) is 4.74 Å². The lowest BCUT2D eigenvalue weighted by atomic mass is 10.0. The molecule has 0 aliphatic heterocycles. The Morgan fingerprint density at radius 3 is 2.62 bits per heavy atom. The smallest absolute Gasteiger partial charge is 0.309 e. The van der Waals surface area contributed by atoms with Crippen LogP contribution >= 0.6 is 15.9 Å². The second kappa shape index (κ2) is 6.69. The predicted molar refractivity (Wildman–Crippen MR) is 68.0 cm³/mol. The number of ether oxygens (including phenoxy) is 1. The van der Waals surface area contributed by atoms with Gasteiger partial charge in [0, 0.05) is 4.47 Å². The maximum absolute atomic E-state index is 11.6. The van der Waals surface area contributed by atoms with Crippen LogP contribution in [0.2, 0.25) is 0 Å². The maximum atomic E-state index is 11.6. The first-order valence-electron chi connectivity index (χ1n) is 5.58. The zero-order chi connectivity index (χ0) is 12.0. The van der Waals surface area contributed by atoms with Crippen LogP contribution in [0.15, 0.2) is 28.7 Å². The molecule has 0 saturated heterocycles. The van der Waals surface area contributed by atoms with Gasteiger partial charge in [-0.1, -0.05) is 41.9 Å². The normalized spacial score (nSPS) is 10.5. The van der Waals surface area contributed by atoms with Crippen LogP contribution in [-0.2, 0) is 16.1 Å². The molecule has 0 N–H and O–H groups in total. The van der Waals surface area contributed by atoms with Crippen molar-refractivity contribution in [1.82, 2.24) is 0 Å². The molecule has 0 unspecified atom stereocenters. The fraction of sp³-hybridized carbons (Fsp3) is 0.462. The van der Waals surface area contributed by atoms with Crippen molar-refractivity contribution in [2.45, 2.75) is 33.3 Å². The fourth-order valence-corrected chi connectivity index (χ4v) is 1.97. The molecule has 0 fully saturated rings. The van der Waals surface area contributed by atoms with Gasteiger partial charge in [0.05, 0.1) is 5.92 Å². The molecular formula is C13H17BrO2. The van der Waals surface area contributed by atoms with Gasteiger partial charge in [-0.05, 0) is 30.5 Å². The van der Waals surface area contributed by atoms with E-state index < -0.39 is 0 Å². The van der Waals surface area contributed by atoms with Gasteiger partial charge in [0.2, 0.25) is 0 Å². The molecule has 0 saturated carbocycles. The van der Waals surface area contributed by atoms with E-state index in [-0.39, 0.29) is 11.9 Å². The van der Waals surface area contributed by atoms with Crippen LogP contribution in [0, 0.1) is 5.92 Å². The van der Waals surface area contributed by atoms with Crippen molar-refractivity contribution in [3.63, 3.8) is 0 Å². The number of rotatable bonds is 5. The molecule has 16 heavy (non-hydrogen) atoms. The number of hydrogen-bond acceptors (Lipinski definition) is 2. The average molecular weight is 285 g/mol. The predicted octanol–water partition coefficient (Wildman–Crippen LogP) is 3.93. The van der Waals surface area contributed by atoms with E-state index in [0.717, 1.165) is 22.9 Å². The van der Waals surface area contributed by atoms with E-state index in [1.54, 1.807) is 0 Å². The van der Waals surface area contributed by atoms with Crippen molar-refractivity contribution in [3.8, 4) is 0 Å². The molecule has 3 heteroatoms. The quantitative estimate of drug-likeness (QED) is 0.766. The zero-order valence-corrected chi connectivity index (χ0v) is 11.3. The Labute approximate surface area is 105 Å². The fourth-order valence-electron chi connectivity index (χ4n) is 1.52. The number of benzene rings is 1. The standard InChI is InChI=1S/C13H17BrO2/c1-3-11(4-2)13(15)16-9-10-6-5-7-12(14)8-10/h5-8,11H,3-4,9H2,1-2H3. The first-order valence-corrected chi connectivity index (χ1v) is 6.37. The van der Waals surface area contributed by atoms with Gasteiger partial charge in [-0.25, -0.2) is 0 Å². The Bertz CT molecular complexity index is 346. The van der Waals surface area contributed by atoms with Gasteiger partial charge < -0.3 is 4.74 Å². The van der Waals surface area contributed by atoms with E-state index in [1.807, 2.05) is 38.1 Å². The number of hydrogen-bond donors (Lipinski definition) is 0. The number of carbonyl (C=O) groups is 1. The Morgan fingerprint density at radius 2 is 2.06 bits per heavy atom. The monoisotopic (exact) mass is 284 g/mol. The molecule has 88 valence electrons. The van der Waals surface area contributed by atoms with E-state index in [0.29, 0.717) is 6.61 Å². The molecular weight excluding hydrogens is 268 g/mol. The summed E-state index contributed by atoms with van der Waals surface area (Å²) in [6.45, 7) is 4.37. The van der Waals surface area contributed by atoms with Crippen LogP contribution in [0.25, 0.3) is 0 Å². The first kappa shape index (κ1) is 13.2. The van der Waals surface area contributed by atoms with Crippen molar-refractivity contribution in [1.29, 1.82) is 0 Å². The Kier molecular flexibility index (Phi) is 5.53. The summed E-state index contributed by atoms with van der Waals surface area (Å²) in [6.07, 6.45) is 1.68. The summed E-state index contributed by atoms with van der Waals surface area (Å²) in [7, 11) is 0. The third-order valence-electron chi connectivity index (χ3n) is 2.59. The highest BCUT2D eigenvalue weighted by molar-refractivity contribution is 9.10. The van der Waals surface area contributed by atoms with Crippen molar-refractivity contribution >= 4 is 21.9 Å². The minimum absolute atomic E-state index is 0.0344. The summed E-state index contributed by atoms with van der Waals surface area (Å²) < 4.78 is 6.27. The van der Waals surface area contributed by atoms with Gasteiger partial charge in [0.15, 0.2) is 0 Å². The summed E-state index contributed by atoms with van der Waals surface area (Å²) in [6, 6.07) is 7.79. The molecule has 1 aromatic carbocycles. The van der Waals surface area contributed by atoms with Gasteiger partial charge in [-0.2, -0.15) is 0 Å². The highest BCUT2D eigenvalue weighted by Gasteiger charge is 2.15. The van der Waals surface area contributed by atoms with Gasteiger partial charge >= 0.3 is 5.97 Å². The van der Waals surface area contributed by atoms with E-state index >= 15 is 0 Å². The molecule has 0 aromatic heterocycles. The SMILES string of the molecule is CCC(CC)C(=O)OCc1cccc(Br)c1. The van der Waals surface area contributed by atoms with Crippen LogP contribution in [-0.4, -0.2) is 5.97 Å². The third kappa shape index (κ3) is 3.97. The number of esters is 1. The van der Waals surface area contributed by atoms with Crippen molar-refractivity contribution in [2.24, 2.45) is 5.92 Å².